The van der Waals surface area contributed by atoms with Crippen molar-refractivity contribution in [1.29, 1.82) is 0 Å². The standard InChI is InChI=1S/C21H15F3N6O3S/c1-10-27-20(33-29-10)11-2-4-13-14(6-11)19-15-9-26-28-16(15)7-17(13)30(19)34(31,32)12-3-5-18(25-8-12)21(22,23)24/h2-6,8-9,17,19H,7H2,1H3,(H,26,28). The van der Waals surface area contributed by atoms with Crippen molar-refractivity contribution in [3.05, 3.63) is 76.6 Å². The number of aromatic amines is 1. The number of alkyl halides is 3. The second-order valence-electron chi connectivity index (χ2n) is 8.13. The van der Waals surface area contributed by atoms with E-state index in [1.165, 1.54) is 4.31 Å². The average Bonchev–Trinajstić information content (AvgIpc) is 3.51. The lowest BCUT2D eigenvalue weighted by molar-refractivity contribution is -0.141. The number of hydrogen-bond acceptors (Lipinski definition) is 7. The number of halogens is 3. The van der Waals surface area contributed by atoms with Crippen LogP contribution in [0.4, 0.5) is 13.2 Å². The van der Waals surface area contributed by atoms with Gasteiger partial charge in [-0.3, -0.25) is 10.1 Å². The minimum atomic E-state index is -4.67. The second kappa shape index (κ2) is 6.96. The summed E-state index contributed by atoms with van der Waals surface area (Å²) in [6.45, 7) is 1.69. The second-order valence-corrected chi connectivity index (χ2v) is 9.97. The van der Waals surface area contributed by atoms with E-state index in [1.807, 2.05) is 12.1 Å². The van der Waals surface area contributed by atoms with Crippen molar-refractivity contribution in [2.75, 3.05) is 0 Å². The molecule has 1 N–H and O–H groups in total. The van der Waals surface area contributed by atoms with Crippen LogP contribution in [-0.4, -0.2) is 38.0 Å². The number of benzene rings is 1. The van der Waals surface area contributed by atoms with Crippen molar-refractivity contribution in [2.24, 2.45) is 0 Å². The Balaban J connectivity index is 1.48. The highest BCUT2D eigenvalue weighted by Gasteiger charge is 2.51. The van der Waals surface area contributed by atoms with Gasteiger partial charge in [-0.2, -0.15) is 27.6 Å². The van der Waals surface area contributed by atoms with E-state index >= 15 is 0 Å². The van der Waals surface area contributed by atoms with Crippen LogP contribution in [0.3, 0.4) is 0 Å². The molecule has 2 bridgehead atoms. The lowest BCUT2D eigenvalue weighted by Crippen LogP contribution is -2.37. The van der Waals surface area contributed by atoms with E-state index < -0.39 is 34.0 Å². The van der Waals surface area contributed by atoms with E-state index in [0.29, 0.717) is 35.3 Å². The molecule has 9 nitrogen and oxygen atoms in total. The van der Waals surface area contributed by atoms with Crippen molar-refractivity contribution < 1.29 is 26.1 Å². The molecule has 34 heavy (non-hydrogen) atoms. The number of rotatable bonds is 3. The fourth-order valence-corrected chi connectivity index (χ4v) is 6.36. The molecule has 4 aromatic rings. The largest absolute Gasteiger partial charge is 0.433 e. The molecule has 0 amide bonds. The fraction of sp³-hybridized carbons (Fsp3) is 0.238. The fourth-order valence-electron chi connectivity index (χ4n) is 4.66. The summed E-state index contributed by atoms with van der Waals surface area (Å²) in [6.07, 6.45) is -2.01. The van der Waals surface area contributed by atoms with Crippen LogP contribution < -0.4 is 0 Å². The minimum Gasteiger partial charge on any atom is -0.334 e. The summed E-state index contributed by atoms with van der Waals surface area (Å²) < 4.78 is 72.8. The van der Waals surface area contributed by atoms with Gasteiger partial charge >= 0.3 is 6.18 Å². The first kappa shape index (κ1) is 21.0. The van der Waals surface area contributed by atoms with Crippen LogP contribution in [0, 0.1) is 6.92 Å². The van der Waals surface area contributed by atoms with Gasteiger partial charge in [0.05, 0.1) is 18.3 Å². The Labute approximate surface area is 190 Å². The summed E-state index contributed by atoms with van der Waals surface area (Å²) in [4.78, 5) is 7.27. The van der Waals surface area contributed by atoms with Gasteiger partial charge in [-0.05, 0) is 42.3 Å². The molecule has 0 aliphatic carbocycles. The summed E-state index contributed by atoms with van der Waals surface area (Å²) in [5.41, 5.74) is 2.47. The van der Waals surface area contributed by atoms with Crippen molar-refractivity contribution in [3.8, 4) is 11.5 Å². The van der Waals surface area contributed by atoms with Gasteiger partial charge in [-0.1, -0.05) is 11.2 Å². The lowest BCUT2D eigenvalue weighted by atomic mass is 9.98. The van der Waals surface area contributed by atoms with E-state index in [2.05, 4.69) is 25.3 Å². The molecule has 3 aromatic heterocycles. The number of pyridine rings is 1. The van der Waals surface area contributed by atoms with Crippen molar-refractivity contribution in [1.82, 2.24) is 29.6 Å². The number of fused-ring (bicyclic) bond motifs is 7. The maximum Gasteiger partial charge on any atom is 0.433 e. The molecule has 6 rings (SSSR count). The van der Waals surface area contributed by atoms with Crippen molar-refractivity contribution in [3.63, 3.8) is 0 Å². The van der Waals surface area contributed by atoms with Gasteiger partial charge in [0.25, 0.3) is 5.89 Å². The molecule has 2 aliphatic rings. The zero-order chi connectivity index (χ0) is 23.8. The molecule has 0 saturated carbocycles. The molecule has 2 unspecified atom stereocenters. The first-order chi connectivity index (χ1) is 16.1. The number of hydrogen-bond donors (Lipinski definition) is 1. The van der Waals surface area contributed by atoms with Crippen molar-refractivity contribution in [2.45, 2.75) is 36.5 Å². The number of aromatic nitrogens is 5. The molecule has 0 fully saturated rings. The maximum absolute atomic E-state index is 13.7. The van der Waals surface area contributed by atoms with E-state index in [-0.39, 0.29) is 4.90 Å². The highest BCUT2D eigenvalue weighted by Crippen LogP contribution is 2.54. The van der Waals surface area contributed by atoms with Crippen LogP contribution in [0.1, 0.15) is 46.0 Å². The first-order valence-corrected chi connectivity index (χ1v) is 11.6. The molecular formula is C21H15F3N6O3S. The van der Waals surface area contributed by atoms with Gasteiger partial charge in [0.2, 0.25) is 10.0 Å². The molecule has 5 heterocycles. The van der Waals surface area contributed by atoms with Gasteiger partial charge in [0, 0.05) is 29.4 Å². The molecule has 2 atom stereocenters. The third-order valence-electron chi connectivity index (χ3n) is 6.12. The van der Waals surface area contributed by atoms with Crippen molar-refractivity contribution >= 4 is 10.0 Å². The van der Waals surface area contributed by atoms with Gasteiger partial charge < -0.3 is 4.52 Å². The number of nitrogens with one attached hydrogen (secondary N) is 1. The van der Waals surface area contributed by atoms with Crippen LogP contribution >= 0.6 is 0 Å². The summed E-state index contributed by atoms with van der Waals surface area (Å²) in [5.74, 6) is 0.765. The van der Waals surface area contributed by atoms with E-state index in [9.17, 15) is 21.6 Å². The van der Waals surface area contributed by atoms with Crippen LogP contribution in [0.2, 0.25) is 0 Å². The molecule has 174 valence electrons. The van der Waals surface area contributed by atoms with Gasteiger partial charge in [-0.25, -0.2) is 8.42 Å². The summed E-state index contributed by atoms with van der Waals surface area (Å²) in [7, 11) is -4.21. The Hall–Kier alpha value is -3.58. The first-order valence-electron chi connectivity index (χ1n) is 10.2. The number of sulfonamides is 1. The molecule has 1 aromatic carbocycles. The van der Waals surface area contributed by atoms with E-state index in [1.54, 1.807) is 19.2 Å². The average molecular weight is 488 g/mol. The highest BCUT2D eigenvalue weighted by molar-refractivity contribution is 7.89. The predicted molar refractivity (Wildman–Crippen MR) is 110 cm³/mol. The number of aryl methyl sites for hydroxylation is 1. The lowest BCUT2D eigenvalue weighted by Gasteiger charge is -2.33. The molecule has 2 aliphatic heterocycles. The zero-order valence-corrected chi connectivity index (χ0v) is 18.2. The Kier molecular flexibility index (Phi) is 4.30. The highest BCUT2D eigenvalue weighted by atomic mass is 32.2. The predicted octanol–water partition coefficient (Wildman–Crippen LogP) is 3.57. The zero-order valence-electron chi connectivity index (χ0n) is 17.4. The molecule has 0 spiro atoms. The normalized spacial score (nSPS) is 19.8. The summed E-state index contributed by atoms with van der Waals surface area (Å²) in [6, 6.07) is 5.73. The SMILES string of the molecule is Cc1noc(-c2ccc3c(c2)C2c4cn[nH]c4CC3N2S(=O)(=O)c2ccc(C(F)(F)F)nc2)n1. The minimum absolute atomic E-state index is 0.301. The topological polar surface area (TPSA) is 118 Å². The number of nitrogens with zero attached hydrogens (tertiary/aromatic N) is 5. The smallest absolute Gasteiger partial charge is 0.334 e. The van der Waals surface area contributed by atoms with E-state index in [4.69, 9.17) is 4.52 Å². The Morgan fingerprint density at radius 2 is 1.94 bits per heavy atom. The Bertz CT molecular complexity index is 1530. The Morgan fingerprint density at radius 3 is 2.62 bits per heavy atom. The summed E-state index contributed by atoms with van der Waals surface area (Å²) in [5, 5.41) is 10.8. The van der Waals surface area contributed by atoms with Crippen LogP contribution in [-0.2, 0) is 22.6 Å². The maximum atomic E-state index is 13.7. The molecular weight excluding hydrogens is 473 g/mol. The molecule has 0 radical (unpaired) electrons. The third kappa shape index (κ3) is 3.00. The Morgan fingerprint density at radius 1 is 1.12 bits per heavy atom. The van der Waals surface area contributed by atoms with Gasteiger partial charge in [0.1, 0.15) is 10.6 Å². The van der Waals surface area contributed by atoms with Gasteiger partial charge in [-0.15, -0.1) is 0 Å². The summed E-state index contributed by atoms with van der Waals surface area (Å²) >= 11 is 0. The van der Waals surface area contributed by atoms with Crippen LogP contribution in [0.15, 0.2) is 52.1 Å². The van der Waals surface area contributed by atoms with Crippen LogP contribution in [0.25, 0.3) is 11.5 Å². The molecule has 0 saturated heterocycles. The molecule has 13 heteroatoms. The van der Waals surface area contributed by atoms with E-state index in [0.717, 1.165) is 29.1 Å². The van der Waals surface area contributed by atoms with Crippen LogP contribution in [0.5, 0.6) is 0 Å². The number of H-pyrrole nitrogens is 1. The van der Waals surface area contributed by atoms with Gasteiger partial charge in [0.15, 0.2) is 5.82 Å². The monoisotopic (exact) mass is 488 g/mol. The quantitative estimate of drug-likeness (QED) is 0.468. The third-order valence-corrected chi connectivity index (χ3v) is 7.98.